The van der Waals surface area contributed by atoms with Gasteiger partial charge in [0.15, 0.2) is 0 Å². The number of aliphatic hydroxyl groups excluding tert-OH is 1. The Balaban J connectivity index is 1.61. The van der Waals surface area contributed by atoms with E-state index < -0.39 is 0 Å². The summed E-state index contributed by atoms with van der Waals surface area (Å²) in [6.45, 7) is 8.91. The molecule has 2 heteroatoms. The molecular weight excluding hydrogens is 440 g/mol. The van der Waals surface area contributed by atoms with Crippen LogP contribution in [0.5, 0.6) is 5.75 Å². The molecule has 36 heavy (non-hydrogen) atoms. The monoisotopic (exact) mass is 484 g/mol. The van der Waals surface area contributed by atoms with E-state index in [2.05, 4.69) is 80.2 Å². The highest BCUT2D eigenvalue weighted by Crippen LogP contribution is 2.29. The number of benzene rings is 3. The summed E-state index contributed by atoms with van der Waals surface area (Å²) in [5.41, 5.74) is 8.72. The minimum Gasteiger partial charge on any atom is -0.494 e. The van der Waals surface area contributed by atoms with E-state index in [1.807, 2.05) is 6.92 Å². The second kappa shape index (κ2) is 15.3. The Kier molecular flexibility index (Phi) is 11.8. The van der Waals surface area contributed by atoms with Crippen molar-refractivity contribution in [2.24, 2.45) is 0 Å². The highest BCUT2D eigenvalue weighted by atomic mass is 16.5. The average molecular weight is 485 g/mol. The van der Waals surface area contributed by atoms with Crippen molar-refractivity contribution < 1.29 is 9.84 Å². The lowest BCUT2D eigenvalue weighted by atomic mass is 9.92. The van der Waals surface area contributed by atoms with E-state index in [9.17, 15) is 5.11 Å². The Hall–Kier alpha value is -2.84. The molecule has 0 saturated heterocycles. The third-order valence-corrected chi connectivity index (χ3v) is 6.93. The molecular formula is C34H44O2. The third-order valence-electron chi connectivity index (χ3n) is 6.93. The SMILES string of the molecule is C=C(CO)c1ccc(CCCCc2ccc(-c3ccc(OCC)cc3)c(CCCCCCC)c2)cc1. The van der Waals surface area contributed by atoms with Crippen LogP contribution in [0.25, 0.3) is 16.7 Å². The molecule has 0 heterocycles. The normalized spacial score (nSPS) is 11.0. The van der Waals surface area contributed by atoms with Gasteiger partial charge in [-0.3, -0.25) is 0 Å². The minimum absolute atomic E-state index is 0.0114. The smallest absolute Gasteiger partial charge is 0.119 e. The van der Waals surface area contributed by atoms with Crippen molar-refractivity contribution in [3.8, 4) is 16.9 Å². The van der Waals surface area contributed by atoms with E-state index in [1.54, 1.807) is 0 Å². The first-order chi connectivity index (χ1) is 17.6. The second-order valence-electron chi connectivity index (χ2n) is 9.78. The van der Waals surface area contributed by atoms with Crippen LogP contribution in [-0.2, 0) is 19.3 Å². The van der Waals surface area contributed by atoms with E-state index >= 15 is 0 Å². The zero-order valence-electron chi connectivity index (χ0n) is 22.4. The predicted octanol–water partition coefficient (Wildman–Crippen LogP) is 8.84. The molecule has 192 valence electrons. The fraction of sp³-hybridized carbons (Fsp3) is 0.412. The molecule has 0 aromatic heterocycles. The van der Waals surface area contributed by atoms with E-state index in [1.165, 1.54) is 72.8 Å². The van der Waals surface area contributed by atoms with Crippen molar-refractivity contribution in [3.63, 3.8) is 0 Å². The van der Waals surface area contributed by atoms with E-state index in [0.717, 1.165) is 36.1 Å². The van der Waals surface area contributed by atoms with Crippen LogP contribution in [0.1, 0.15) is 81.0 Å². The van der Waals surface area contributed by atoms with Crippen LogP contribution in [0.4, 0.5) is 0 Å². The van der Waals surface area contributed by atoms with Crippen molar-refractivity contribution in [1.29, 1.82) is 0 Å². The summed E-state index contributed by atoms with van der Waals surface area (Å²) in [6, 6.07) is 24.1. The lowest BCUT2D eigenvalue weighted by molar-refractivity contribution is 0.340. The van der Waals surface area contributed by atoms with Crippen LogP contribution in [-0.4, -0.2) is 18.3 Å². The molecule has 0 aliphatic heterocycles. The maximum Gasteiger partial charge on any atom is 0.119 e. The Morgan fingerprint density at radius 3 is 2.03 bits per heavy atom. The van der Waals surface area contributed by atoms with Gasteiger partial charge < -0.3 is 9.84 Å². The second-order valence-corrected chi connectivity index (χ2v) is 9.78. The number of aryl methyl sites for hydroxylation is 3. The van der Waals surface area contributed by atoms with Gasteiger partial charge in [0.2, 0.25) is 0 Å². The van der Waals surface area contributed by atoms with Crippen molar-refractivity contribution in [2.75, 3.05) is 13.2 Å². The van der Waals surface area contributed by atoms with Crippen LogP contribution in [0.3, 0.4) is 0 Å². The number of hydrogen-bond donors (Lipinski definition) is 1. The Labute approximate surface area is 219 Å². The molecule has 0 radical (unpaired) electrons. The summed E-state index contributed by atoms with van der Waals surface area (Å²) in [5, 5.41) is 9.25. The van der Waals surface area contributed by atoms with Gasteiger partial charge in [-0.15, -0.1) is 0 Å². The van der Waals surface area contributed by atoms with Crippen molar-refractivity contribution >= 4 is 5.57 Å². The molecule has 0 saturated carbocycles. The summed E-state index contributed by atoms with van der Waals surface area (Å²) >= 11 is 0. The van der Waals surface area contributed by atoms with Gasteiger partial charge in [-0.1, -0.05) is 93.8 Å². The molecule has 0 amide bonds. The predicted molar refractivity (Wildman–Crippen MR) is 155 cm³/mol. The first-order valence-electron chi connectivity index (χ1n) is 13.9. The lowest BCUT2D eigenvalue weighted by Gasteiger charge is -2.14. The molecule has 0 fully saturated rings. The number of unbranched alkanes of at least 4 members (excludes halogenated alkanes) is 5. The molecule has 0 unspecified atom stereocenters. The summed E-state index contributed by atoms with van der Waals surface area (Å²) in [4.78, 5) is 0. The summed E-state index contributed by atoms with van der Waals surface area (Å²) in [7, 11) is 0. The largest absolute Gasteiger partial charge is 0.494 e. The zero-order valence-corrected chi connectivity index (χ0v) is 22.4. The molecule has 0 bridgehead atoms. The zero-order chi connectivity index (χ0) is 25.6. The first-order valence-corrected chi connectivity index (χ1v) is 13.9. The van der Waals surface area contributed by atoms with Crippen LogP contribution >= 0.6 is 0 Å². The highest BCUT2D eigenvalue weighted by Gasteiger charge is 2.08. The highest BCUT2D eigenvalue weighted by molar-refractivity contribution is 5.68. The first kappa shape index (κ1) is 27.7. The van der Waals surface area contributed by atoms with E-state index in [0.29, 0.717) is 6.61 Å². The van der Waals surface area contributed by atoms with Crippen LogP contribution < -0.4 is 4.74 Å². The average Bonchev–Trinajstić information content (AvgIpc) is 2.92. The number of hydrogen-bond acceptors (Lipinski definition) is 2. The fourth-order valence-corrected chi connectivity index (χ4v) is 4.76. The van der Waals surface area contributed by atoms with E-state index in [-0.39, 0.29) is 6.61 Å². The van der Waals surface area contributed by atoms with Gasteiger partial charge in [0.05, 0.1) is 13.2 Å². The maximum atomic E-state index is 9.25. The standard InChI is InChI=1S/C34H44O2/c1-4-6-7-8-9-14-32-25-29(17-24-34(32)31-20-22-33(23-21-31)36-5-2)13-11-10-12-28-15-18-30(19-16-28)27(3)26-35/h15-25,35H,3-14,26H2,1-2H3. The molecule has 0 atom stereocenters. The number of aliphatic hydroxyl groups is 1. The van der Waals surface area contributed by atoms with Gasteiger partial charge >= 0.3 is 0 Å². The topological polar surface area (TPSA) is 29.5 Å². The van der Waals surface area contributed by atoms with Crippen LogP contribution in [0, 0.1) is 0 Å². The lowest BCUT2D eigenvalue weighted by Crippen LogP contribution is -1.96. The minimum atomic E-state index is 0.0114. The van der Waals surface area contributed by atoms with Crippen LogP contribution in [0.2, 0.25) is 0 Å². The molecule has 0 aliphatic rings. The molecule has 1 N–H and O–H groups in total. The Morgan fingerprint density at radius 2 is 1.36 bits per heavy atom. The molecule has 3 aromatic carbocycles. The molecule has 2 nitrogen and oxygen atoms in total. The quantitative estimate of drug-likeness (QED) is 0.206. The van der Waals surface area contributed by atoms with Gasteiger partial charge in [-0.2, -0.15) is 0 Å². The van der Waals surface area contributed by atoms with Gasteiger partial charge in [-0.05, 0) is 96.5 Å². The molecule has 3 aromatic rings. The van der Waals surface area contributed by atoms with Gasteiger partial charge in [0, 0.05) is 0 Å². The van der Waals surface area contributed by atoms with E-state index in [4.69, 9.17) is 4.74 Å². The third kappa shape index (κ3) is 8.68. The number of ether oxygens (including phenoxy) is 1. The van der Waals surface area contributed by atoms with Gasteiger partial charge in [0.25, 0.3) is 0 Å². The molecule has 3 rings (SSSR count). The fourth-order valence-electron chi connectivity index (χ4n) is 4.76. The van der Waals surface area contributed by atoms with Crippen LogP contribution in [0.15, 0.2) is 73.3 Å². The Morgan fingerprint density at radius 1 is 0.722 bits per heavy atom. The summed E-state index contributed by atoms with van der Waals surface area (Å²) in [5.74, 6) is 0.937. The van der Waals surface area contributed by atoms with Gasteiger partial charge in [-0.25, -0.2) is 0 Å². The van der Waals surface area contributed by atoms with Crippen molar-refractivity contribution in [2.45, 2.75) is 78.1 Å². The summed E-state index contributed by atoms with van der Waals surface area (Å²) < 4.78 is 5.64. The van der Waals surface area contributed by atoms with Gasteiger partial charge in [0.1, 0.15) is 5.75 Å². The molecule has 0 spiro atoms. The van der Waals surface area contributed by atoms with Crippen molar-refractivity contribution in [1.82, 2.24) is 0 Å². The number of rotatable bonds is 16. The Bertz CT molecular complexity index is 1050. The molecule has 0 aliphatic carbocycles. The maximum absolute atomic E-state index is 9.25. The van der Waals surface area contributed by atoms with Crippen molar-refractivity contribution in [3.05, 3.63) is 95.6 Å². The summed E-state index contributed by atoms with van der Waals surface area (Å²) in [6.07, 6.45) is 12.2.